The Labute approximate surface area is 107 Å². The van der Waals surface area contributed by atoms with E-state index in [1.807, 2.05) is 11.3 Å². The summed E-state index contributed by atoms with van der Waals surface area (Å²) < 4.78 is 5.37. The van der Waals surface area contributed by atoms with Gasteiger partial charge in [-0.1, -0.05) is 6.42 Å². The summed E-state index contributed by atoms with van der Waals surface area (Å²) in [5, 5.41) is 10.4. The van der Waals surface area contributed by atoms with Gasteiger partial charge in [0, 0.05) is 22.3 Å². The van der Waals surface area contributed by atoms with Crippen molar-refractivity contribution >= 4 is 11.3 Å². The molecule has 0 bridgehead atoms. The number of aryl methyl sites for hydroxylation is 2. The predicted molar refractivity (Wildman–Crippen MR) is 69.5 cm³/mol. The molecule has 2 heterocycles. The van der Waals surface area contributed by atoms with Gasteiger partial charge in [-0.2, -0.15) is 0 Å². The molecule has 1 saturated heterocycles. The highest BCUT2D eigenvalue weighted by molar-refractivity contribution is 7.12. The second-order valence-corrected chi connectivity index (χ2v) is 6.39. The van der Waals surface area contributed by atoms with E-state index in [0.29, 0.717) is 5.92 Å². The van der Waals surface area contributed by atoms with Crippen LogP contribution in [0.15, 0.2) is 6.07 Å². The van der Waals surface area contributed by atoms with Crippen LogP contribution in [0.5, 0.6) is 0 Å². The first kappa shape index (κ1) is 11.7. The molecule has 2 aliphatic rings. The number of aliphatic hydroxyl groups excluding tert-OH is 1. The molecule has 0 radical (unpaired) electrons. The molecule has 94 valence electrons. The third kappa shape index (κ3) is 2.42. The van der Waals surface area contributed by atoms with Gasteiger partial charge in [-0.05, 0) is 43.7 Å². The van der Waals surface area contributed by atoms with Crippen LogP contribution in [0, 0.1) is 5.92 Å². The third-order valence-electron chi connectivity index (χ3n) is 3.97. The zero-order chi connectivity index (χ0) is 11.7. The van der Waals surface area contributed by atoms with Crippen LogP contribution in [0.4, 0.5) is 0 Å². The van der Waals surface area contributed by atoms with Gasteiger partial charge in [-0.3, -0.25) is 0 Å². The first-order chi connectivity index (χ1) is 8.34. The van der Waals surface area contributed by atoms with Crippen LogP contribution in [0.3, 0.4) is 0 Å². The number of hydrogen-bond acceptors (Lipinski definition) is 3. The standard InChI is InChI=1S/C14H20O2S/c15-14(11-6-7-16-9-11)13-8-10-4-2-1-3-5-12(10)17-13/h8,11,14-15H,1-7,9H2. The van der Waals surface area contributed by atoms with Crippen LogP contribution < -0.4 is 0 Å². The lowest BCUT2D eigenvalue weighted by Crippen LogP contribution is -2.11. The molecule has 2 unspecified atom stereocenters. The van der Waals surface area contributed by atoms with Crippen molar-refractivity contribution in [2.24, 2.45) is 5.92 Å². The minimum atomic E-state index is -0.297. The Morgan fingerprint density at radius 3 is 3.00 bits per heavy atom. The minimum Gasteiger partial charge on any atom is -0.387 e. The molecule has 3 heteroatoms. The molecule has 1 aliphatic carbocycles. The second-order valence-electron chi connectivity index (χ2n) is 5.23. The molecule has 1 N–H and O–H groups in total. The van der Waals surface area contributed by atoms with E-state index < -0.39 is 0 Å². The lowest BCUT2D eigenvalue weighted by Gasteiger charge is -2.14. The van der Waals surface area contributed by atoms with Crippen LogP contribution >= 0.6 is 11.3 Å². The zero-order valence-electron chi connectivity index (χ0n) is 10.2. The van der Waals surface area contributed by atoms with Gasteiger partial charge in [0.1, 0.15) is 0 Å². The van der Waals surface area contributed by atoms with Crippen molar-refractivity contribution in [2.75, 3.05) is 13.2 Å². The molecule has 1 fully saturated rings. The largest absolute Gasteiger partial charge is 0.387 e. The maximum Gasteiger partial charge on any atom is 0.0933 e. The fourth-order valence-electron chi connectivity index (χ4n) is 2.87. The van der Waals surface area contributed by atoms with Gasteiger partial charge in [-0.15, -0.1) is 11.3 Å². The Morgan fingerprint density at radius 2 is 2.18 bits per heavy atom. The van der Waals surface area contributed by atoms with Gasteiger partial charge < -0.3 is 9.84 Å². The second kappa shape index (κ2) is 5.09. The molecule has 2 atom stereocenters. The minimum absolute atomic E-state index is 0.297. The maximum absolute atomic E-state index is 10.4. The van der Waals surface area contributed by atoms with E-state index in [1.165, 1.54) is 47.4 Å². The van der Waals surface area contributed by atoms with E-state index >= 15 is 0 Å². The fraction of sp³-hybridized carbons (Fsp3) is 0.714. The Balaban J connectivity index is 1.78. The first-order valence-electron chi connectivity index (χ1n) is 6.72. The summed E-state index contributed by atoms with van der Waals surface area (Å²) in [7, 11) is 0. The van der Waals surface area contributed by atoms with Crippen LogP contribution in [-0.4, -0.2) is 18.3 Å². The van der Waals surface area contributed by atoms with Crippen molar-refractivity contribution in [1.29, 1.82) is 0 Å². The molecule has 2 nitrogen and oxygen atoms in total. The summed E-state index contributed by atoms with van der Waals surface area (Å²) in [5.41, 5.74) is 1.50. The molecule has 1 aromatic heterocycles. The molecular weight excluding hydrogens is 232 g/mol. The van der Waals surface area contributed by atoms with Crippen molar-refractivity contribution in [2.45, 2.75) is 44.6 Å². The molecule has 17 heavy (non-hydrogen) atoms. The maximum atomic E-state index is 10.4. The van der Waals surface area contributed by atoms with E-state index in [4.69, 9.17) is 4.74 Å². The summed E-state index contributed by atoms with van der Waals surface area (Å²) in [6.07, 6.45) is 7.11. The predicted octanol–water partition coefficient (Wildman–Crippen LogP) is 3.09. The van der Waals surface area contributed by atoms with Crippen molar-refractivity contribution < 1.29 is 9.84 Å². The molecule has 0 aromatic carbocycles. The quantitative estimate of drug-likeness (QED) is 0.820. The number of rotatable bonds is 2. The summed E-state index contributed by atoms with van der Waals surface area (Å²) in [6.45, 7) is 1.54. The van der Waals surface area contributed by atoms with Gasteiger partial charge in [0.25, 0.3) is 0 Å². The topological polar surface area (TPSA) is 29.5 Å². The van der Waals surface area contributed by atoms with E-state index in [0.717, 1.165) is 19.6 Å². The van der Waals surface area contributed by atoms with Gasteiger partial charge >= 0.3 is 0 Å². The van der Waals surface area contributed by atoms with Gasteiger partial charge in [0.2, 0.25) is 0 Å². The average Bonchev–Trinajstić information content (AvgIpc) is 2.95. The number of hydrogen-bond donors (Lipinski definition) is 1. The lowest BCUT2D eigenvalue weighted by atomic mass is 10.00. The Bertz CT molecular complexity index is 356. The first-order valence-corrected chi connectivity index (χ1v) is 7.53. The van der Waals surface area contributed by atoms with Crippen molar-refractivity contribution in [3.05, 3.63) is 21.4 Å². The Kier molecular flexibility index (Phi) is 3.50. The molecular formula is C14H20O2S. The summed E-state index contributed by atoms with van der Waals surface area (Å²) in [5.74, 6) is 0.317. The molecule has 0 amide bonds. The van der Waals surface area contributed by atoms with E-state index in [9.17, 15) is 5.11 Å². The van der Waals surface area contributed by atoms with Crippen molar-refractivity contribution in [1.82, 2.24) is 0 Å². The zero-order valence-corrected chi connectivity index (χ0v) is 11.0. The lowest BCUT2D eigenvalue weighted by molar-refractivity contribution is 0.0944. The Hall–Kier alpha value is -0.380. The monoisotopic (exact) mass is 252 g/mol. The number of aliphatic hydroxyl groups is 1. The van der Waals surface area contributed by atoms with Crippen LogP contribution in [-0.2, 0) is 17.6 Å². The summed E-state index contributed by atoms with van der Waals surface area (Å²) in [6, 6.07) is 2.26. The molecule has 0 saturated carbocycles. The SMILES string of the molecule is OC(c1cc2c(s1)CCCCC2)C1CCOC1. The fourth-order valence-corrected chi connectivity index (χ4v) is 4.21. The highest BCUT2D eigenvalue weighted by Crippen LogP contribution is 2.37. The van der Waals surface area contributed by atoms with Gasteiger partial charge in [0.05, 0.1) is 12.7 Å². The summed E-state index contributed by atoms with van der Waals surface area (Å²) in [4.78, 5) is 2.70. The van der Waals surface area contributed by atoms with E-state index in [1.54, 1.807) is 0 Å². The smallest absolute Gasteiger partial charge is 0.0933 e. The third-order valence-corrected chi connectivity index (χ3v) is 5.28. The molecule has 0 spiro atoms. The summed E-state index contributed by atoms with van der Waals surface area (Å²) >= 11 is 1.84. The van der Waals surface area contributed by atoms with Crippen molar-refractivity contribution in [3.8, 4) is 0 Å². The molecule has 1 aliphatic heterocycles. The van der Waals surface area contributed by atoms with Crippen molar-refractivity contribution in [3.63, 3.8) is 0 Å². The Morgan fingerprint density at radius 1 is 1.29 bits per heavy atom. The number of ether oxygens (including phenoxy) is 1. The molecule has 3 rings (SSSR count). The average molecular weight is 252 g/mol. The van der Waals surface area contributed by atoms with E-state index in [-0.39, 0.29) is 6.10 Å². The van der Waals surface area contributed by atoms with Gasteiger partial charge in [-0.25, -0.2) is 0 Å². The van der Waals surface area contributed by atoms with Crippen LogP contribution in [0.2, 0.25) is 0 Å². The van der Waals surface area contributed by atoms with Gasteiger partial charge in [0.15, 0.2) is 0 Å². The van der Waals surface area contributed by atoms with Crippen LogP contribution in [0.25, 0.3) is 0 Å². The normalized spacial score (nSPS) is 26.5. The van der Waals surface area contributed by atoms with Crippen LogP contribution in [0.1, 0.15) is 47.1 Å². The highest BCUT2D eigenvalue weighted by Gasteiger charge is 2.27. The number of fused-ring (bicyclic) bond motifs is 1. The molecule has 1 aromatic rings. The van der Waals surface area contributed by atoms with E-state index in [2.05, 4.69) is 6.07 Å². The highest BCUT2D eigenvalue weighted by atomic mass is 32.1. The number of thiophene rings is 1.